The van der Waals surface area contributed by atoms with Crippen molar-refractivity contribution in [3.05, 3.63) is 108 Å². The first-order valence-corrected chi connectivity index (χ1v) is 9.27. The van der Waals surface area contributed by atoms with Crippen LogP contribution in [0.2, 0.25) is 0 Å². The Bertz CT molecular complexity index is 1080. The molecule has 0 spiro atoms. The van der Waals surface area contributed by atoms with Gasteiger partial charge in [-0.3, -0.25) is 4.79 Å². The Morgan fingerprint density at radius 2 is 1.83 bits per heavy atom. The SMILES string of the molecule is O=C(NCc1cccc(Cn2ccnc2)c1)c1cccnc1Oc1ccccc1. The lowest BCUT2D eigenvalue weighted by molar-refractivity contribution is 0.0948. The molecule has 0 saturated heterocycles. The number of nitrogens with zero attached hydrogens (tertiary/aromatic N) is 3. The van der Waals surface area contributed by atoms with Crippen LogP contribution in [0.4, 0.5) is 0 Å². The Balaban J connectivity index is 1.43. The van der Waals surface area contributed by atoms with Crippen molar-refractivity contribution in [2.75, 3.05) is 0 Å². The van der Waals surface area contributed by atoms with Gasteiger partial charge in [0.15, 0.2) is 0 Å². The molecule has 2 heterocycles. The first kappa shape index (κ1) is 18.4. The lowest BCUT2D eigenvalue weighted by Crippen LogP contribution is -2.23. The van der Waals surface area contributed by atoms with Crippen LogP contribution in [-0.4, -0.2) is 20.4 Å². The van der Waals surface area contributed by atoms with E-state index in [2.05, 4.69) is 27.4 Å². The number of benzene rings is 2. The minimum Gasteiger partial charge on any atom is -0.438 e. The molecule has 0 fully saturated rings. The number of nitrogens with one attached hydrogen (secondary N) is 1. The first-order chi connectivity index (χ1) is 14.3. The van der Waals surface area contributed by atoms with Gasteiger partial charge in [0.2, 0.25) is 5.88 Å². The smallest absolute Gasteiger partial charge is 0.257 e. The molecule has 0 unspecified atom stereocenters. The van der Waals surface area contributed by atoms with E-state index in [1.54, 1.807) is 30.9 Å². The van der Waals surface area contributed by atoms with Crippen molar-refractivity contribution >= 4 is 5.91 Å². The third kappa shape index (κ3) is 4.87. The molecule has 0 bridgehead atoms. The van der Waals surface area contributed by atoms with E-state index in [0.717, 1.165) is 17.7 Å². The summed E-state index contributed by atoms with van der Waals surface area (Å²) in [5.41, 5.74) is 2.56. The molecule has 6 heteroatoms. The van der Waals surface area contributed by atoms with Crippen LogP contribution in [0.1, 0.15) is 21.5 Å². The topological polar surface area (TPSA) is 69.0 Å². The molecule has 0 atom stereocenters. The molecule has 29 heavy (non-hydrogen) atoms. The van der Waals surface area contributed by atoms with E-state index in [9.17, 15) is 4.79 Å². The molecule has 0 aliphatic heterocycles. The number of carbonyl (C=O) groups is 1. The lowest BCUT2D eigenvalue weighted by atomic mass is 10.1. The van der Waals surface area contributed by atoms with Crippen LogP contribution >= 0.6 is 0 Å². The van der Waals surface area contributed by atoms with E-state index >= 15 is 0 Å². The number of pyridine rings is 1. The van der Waals surface area contributed by atoms with Crippen molar-refractivity contribution in [1.82, 2.24) is 19.9 Å². The predicted octanol–water partition coefficient (Wildman–Crippen LogP) is 4.05. The van der Waals surface area contributed by atoms with Crippen LogP contribution in [0.15, 0.2) is 91.6 Å². The van der Waals surface area contributed by atoms with Gasteiger partial charge in [0.05, 0.1) is 6.33 Å². The summed E-state index contributed by atoms with van der Waals surface area (Å²) >= 11 is 0. The summed E-state index contributed by atoms with van der Waals surface area (Å²) in [5, 5.41) is 2.95. The van der Waals surface area contributed by atoms with Gasteiger partial charge in [-0.05, 0) is 35.4 Å². The zero-order chi connectivity index (χ0) is 19.9. The van der Waals surface area contributed by atoms with Crippen LogP contribution < -0.4 is 10.1 Å². The Morgan fingerprint density at radius 3 is 2.66 bits per heavy atom. The minimum atomic E-state index is -0.232. The number of para-hydroxylation sites is 1. The third-order valence-corrected chi connectivity index (χ3v) is 4.34. The van der Waals surface area contributed by atoms with Crippen molar-refractivity contribution in [3.8, 4) is 11.6 Å². The standard InChI is InChI=1S/C23H20N4O2/c28-22(21-10-5-11-25-23(21)29-20-8-2-1-3-9-20)26-15-18-6-4-7-19(14-18)16-27-13-12-24-17-27/h1-14,17H,15-16H2,(H,26,28). The van der Waals surface area contributed by atoms with Crippen LogP contribution in [0.5, 0.6) is 11.6 Å². The van der Waals surface area contributed by atoms with Gasteiger partial charge in [-0.2, -0.15) is 0 Å². The van der Waals surface area contributed by atoms with Crippen LogP contribution in [0.25, 0.3) is 0 Å². The van der Waals surface area contributed by atoms with E-state index in [4.69, 9.17) is 4.74 Å². The summed E-state index contributed by atoms with van der Waals surface area (Å²) in [6.45, 7) is 1.15. The zero-order valence-corrected chi connectivity index (χ0v) is 15.7. The van der Waals surface area contributed by atoms with Gasteiger partial charge in [0.1, 0.15) is 11.3 Å². The van der Waals surface area contributed by atoms with Crippen LogP contribution in [0, 0.1) is 0 Å². The Labute approximate surface area is 168 Å². The van der Waals surface area contributed by atoms with Crippen LogP contribution in [0.3, 0.4) is 0 Å². The molecule has 0 saturated carbocycles. The monoisotopic (exact) mass is 384 g/mol. The predicted molar refractivity (Wildman–Crippen MR) is 110 cm³/mol. The van der Waals surface area contributed by atoms with Gasteiger partial charge >= 0.3 is 0 Å². The molecule has 4 rings (SSSR count). The molecular formula is C23H20N4O2. The fraction of sp³-hybridized carbons (Fsp3) is 0.0870. The molecular weight excluding hydrogens is 364 g/mol. The van der Waals surface area contributed by atoms with Crippen LogP contribution in [-0.2, 0) is 13.1 Å². The average Bonchev–Trinajstić information content (AvgIpc) is 3.26. The highest BCUT2D eigenvalue weighted by molar-refractivity contribution is 5.96. The Kier molecular flexibility index (Phi) is 5.62. The van der Waals surface area contributed by atoms with Gasteiger partial charge in [0, 0.05) is 31.7 Å². The normalized spacial score (nSPS) is 10.5. The van der Waals surface area contributed by atoms with E-state index < -0.39 is 0 Å². The first-order valence-electron chi connectivity index (χ1n) is 9.27. The number of carbonyl (C=O) groups excluding carboxylic acids is 1. The Morgan fingerprint density at radius 1 is 0.966 bits per heavy atom. The van der Waals surface area contributed by atoms with Gasteiger partial charge < -0.3 is 14.6 Å². The number of rotatable bonds is 7. The van der Waals surface area contributed by atoms with Gasteiger partial charge in [-0.25, -0.2) is 9.97 Å². The number of aromatic nitrogens is 3. The number of amides is 1. The quantitative estimate of drug-likeness (QED) is 0.522. The fourth-order valence-electron chi connectivity index (χ4n) is 2.95. The largest absolute Gasteiger partial charge is 0.438 e. The maximum Gasteiger partial charge on any atom is 0.257 e. The van der Waals surface area contributed by atoms with Crippen molar-refractivity contribution < 1.29 is 9.53 Å². The van der Waals surface area contributed by atoms with Gasteiger partial charge in [-0.1, -0.05) is 42.5 Å². The molecule has 0 aliphatic rings. The second-order valence-electron chi connectivity index (χ2n) is 6.51. The third-order valence-electron chi connectivity index (χ3n) is 4.34. The van der Waals surface area contributed by atoms with Crippen molar-refractivity contribution in [2.24, 2.45) is 0 Å². The molecule has 4 aromatic rings. The van der Waals surface area contributed by atoms with Crippen molar-refractivity contribution in [2.45, 2.75) is 13.1 Å². The average molecular weight is 384 g/mol. The van der Waals surface area contributed by atoms with Gasteiger partial charge in [-0.15, -0.1) is 0 Å². The minimum absolute atomic E-state index is 0.232. The molecule has 0 aliphatic carbocycles. The summed E-state index contributed by atoms with van der Waals surface area (Å²) in [6, 6.07) is 20.8. The Hall–Kier alpha value is -3.93. The fourth-order valence-corrected chi connectivity index (χ4v) is 2.95. The lowest BCUT2D eigenvalue weighted by Gasteiger charge is -2.11. The van der Waals surface area contributed by atoms with E-state index in [0.29, 0.717) is 17.9 Å². The molecule has 1 amide bonds. The second-order valence-corrected chi connectivity index (χ2v) is 6.51. The zero-order valence-electron chi connectivity index (χ0n) is 15.7. The summed E-state index contributed by atoms with van der Waals surface area (Å²) < 4.78 is 7.78. The number of imidazole rings is 1. The molecule has 6 nitrogen and oxygen atoms in total. The number of ether oxygens (including phenoxy) is 1. The molecule has 2 aromatic carbocycles. The van der Waals surface area contributed by atoms with E-state index in [1.165, 1.54) is 0 Å². The van der Waals surface area contributed by atoms with Gasteiger partial charge in [0.25, 0.3) is 5.91 Å². The molecule has 1 N–H and O–H groups in total. The van der Waals surface area contributed by atoms with Crippen molar-refractivity contribution in [1.29, 1.82) is 0 Å². The van der Waals surface area contributed by atoms with E-state index in [-0.39, 0.29) is 11.8 Å². The maximum absolute atomic E-state index is 12.7. The van der Waals surface area contributed by atoms with E-state index in [1.807, 2.05) is 53.2 Å². The number of hydrogen-bond donors (Lipinski definition) is 1. The highest BCUT2D eigenvalue weighted by Crippen LogP contribution is 2.22. The second kappa shape index (κ2) is 8.84. The maximum atomic E-state index is 12.7. The van der Waals surface area contributed by atoms with Crippen molar-refractivity contribution in [3.63, 3.8) is 0 Å². The molecule has 144 valence electrons. The highest BCUT2D eigenvalue weighted by Gasteiger charge is 2.14. The highest BCUT2D eigenvalue weighted by atomic mass is 16.5. The molecule has 0 radical (unpaired) electrons. The molecule has 2 aromatic heterocycles. The summed E-state index contributed by atoms with van der Waals surface area (Å²) in [5.74, 6) is 0.682. The summed E-state index contributed by atoms with van der Waals surface area (Å²) in [7, 11) is 0. The number of hydrogen-bond acceptors (Lipinski definition) is 4. The summed E-state index contributed by atoms with van der Waals surface area (Å²) in [4.78, 5) is 21.0. The summed E-state index contributed by atoms with van der Waals surface area (Å²) in [6.07, 6.45) is 7.07.